The largest absolute Gasteiger partial charge is 0.492 e. The van der Waals surface area contributed by atoms with Gasteiger partial charge < -0.3 is 20.3 Å². The van der Waals surface area contributed by atoms with E-state index in [1.807, 2.05) is 38.4 Å². The second-order valence-electron chi connectivity index (χ2n) is 6.17. The Balaban J connectivity index is 0.00000364. The lowest BCUT2D eigenvalue weighted by molar-refractivity contribution is 0.259. The fourth-order valence-corrected chi connectivity index (χ4v) is 2.32. The van der Waals surface area contributed by atoms with Gasteiger partial charge >= 0.3 is 0 Å². The molecule has 7 heteroatoms. The van der Waals surface area contributed by atoms with E-state index in [2.05, 4.69) is 20.5 Å². The zero-order valence-electron chi connectivity index (χ0n) is 16.0. The predicted octanol–water partition coefficient (Wildman–Crippen LogP) is 3.25. The van der Waals surface area contributed by atoms with Gasteiger partial charge in [-0.2, -0.15) is 0 Å². The zero-order chi connectivity index (χ0) is 18.8. The third-order valence-electron chi connectivity index (χ3n) is 3.81. The molecule has 2 N–H and O–H groups in total. The molecule has 0 aromatic heterocycles. The molecule has 0 unspecified atom stereocenters. The van der Waals surface area contributed by atoms with Crippen molar-refractivity contribution in [2.24, 2.45) is 4.99 Å². The number of halogens is 2. The topological polar surface area (TPSA) is 48.9 Å². The summed E-state index contributed by atoms with van der Waals surface area (Å²) < 4.78 is 18.8. The minimum absolute atomic E-state index is 0. The van der Waals surface area contributed by atoms with Crippen LogP contribution in [0.5, 0.6) is 5.75 Å². The van der Waals surface area contributed by atoms with Crippen LogP contribution in [0.1, 0.15) is 11.1 Å². The van der Waals surface area contributed by atoms with E-state index < -0.39 is 0 Å². The Kier molecular flexibility index (Phi) is 10.7. The number of rotatable bonds is 8. The van der Waals surface area contributed by atoms with Crippen molar-refractivity contribution in [3.8, 4) is 5.75 Å². The Bertz CT molecular complexity index is 707. The van der Waals surface area contributed by atoms with Crippen LogP contribution in [-0.4, -0.2) is 45.2 Å². The molecule has 0 aliphatic heterocycles. The van der Waals surface area contributed by atoms with E-state index in [1.54, 1.807) is 19.2 Å². The third kappa shape index (κ3) is 8.57. The Hall–Kier alpha value is -1.87. The second kappa shape index (κ2) is 12.5. The molecule has 0 aliphatic carbocycles. The molecule has 0 spiro atoms. The first-order valence-electron chi connectivity index (χ1n) is 8.63. The molecule has 148 valence electrons. The van der Waals surface area contributed by atoms with Crippen LogP contribution in [0, 0.1) is 5.82 Å². The summed E-state index contributed by atoms with van der Waals surface area (Å²) in [7, 11) is 5.76. The van der Waals surface area contributed by atoms with Crippen LogP contribution < -0.4 is 15.4 Å². The maximum atomic E-state index is 13.0. The Labute approximate surface area is 178 Å². The van der Waals surface area contributed by atoms with Crippen LogP contribution in [0.25, 0.3) is 0 Å². The average Bonchev–Trinajstić information content (AvgIpc) is 2.64. The van der Waals surface area contributed by atoms with E-state index in [-0.39, 0.29) is 29.8 Å². The van der Waals surface area contributed by atoms with E-state index in [1.165, 1.54) is 12.1 Å². The van der Waals surface area contributed by atoms with Crippen LogP contribution in [0.15, 0.2) is 53.5 Å². The summed E-state index contributed by atoms with van der Waals surface area (Å²) in [5, 5.41) is 6.50. The lowest BCUT2D eigenvalue weighted by Gasteiger charge is -2.16. The molecule has 0 aliphatic rings. The quantitative estimate of drug-likeness (QED) is 0.342. The summed E-state index contributed by atoms with van der Waals surface area (Å²) in [6.07, 6.45) is 0. The van der Waals surface area contributed by atoms with Crippen molar-refractivity contribution in [3.63, 3.8) is 0 Å². The van der Waals surface area contributed by atoms with Gasteiger partial charge in [-0.1, -0.05) is 30.3 Å². The summed E-state index contributed by atoms with van der Waals surface area (Å²) >= 11 is 0. The Morgan fingerprint density at radius 3 is 2.37 bits per heavy atom. The number of nitrogens with zero attached hydrogens (tertiary/aromatic N) is 2. The van der Waals surface area contributed by atoms with Gasteiger partial charge in [0, 0.05) is 32.2 Å². The molecule has 0 heterocycles. The number of likely N-dealkylation sites (N-methyl/N-ethyl adjacent to an activating group) is 1. The molecule has 0 saturated heterocycles. The highest BCUT2D eigenvalue weighted by Gasteiger charge is 2.05. The normalized spacial score (nSPS) is 11.1. The highest BCUT2D eigenvalue weighted by molar-refractivity contribution is 14.0. The van der Waals surface area contributed by atoms with E-state index >= 15 is 0 Å². The Morgan fingerprint density at radius 1 is 1.04 bits per heavy atom. The molecule has 2 rings (SSSR count). The van der Waals surface area contributed by atoms with Gasteiger partial charge in [0.05, 0.1) is 0 Å². The van der Waals surface area contributed by atoms with Crippen LogP contribution in [-0.2, 0) is 13.1 Å². The molecule has 2 aromatic carbocycles. The Morgan fingerprint density at radius 2 is 1.70 bits per heavy atom. The third-order valence-corrected chi connectivity index (χ3v) is 3.81. The van der Waals surface area contributed by atoms with Crippen molar-refractivity contribution in [3.05, 3.63) is 65.5 Å². The first-order valence-corrected chi connectivity index (χ1v) is 8.63. The molecular weight excluding hydrogens is 458 g/mol. The number of nitrogens with one attached hydrogen (secondary N) is 2. The molecule has 0 radical (unpaired) electrons. The molecule has 5 nitrogen and oxygen atoms in total. The van der Waals surface area contributed by atoms with Crippen molar-refractivity contribution >= 4 is 29.9 Å². The molecule has 0 amide bonds. The number of aliphatic imine (C=N–C) groups is 1. The number of hydrogen-bond donors (Lipinski definition) is 2. The first kappa shape index (κ1) is 23.2. The van der Waals surface area contributed by atoms with Gasteiger partial charge in [0.2, 0.25) is 0 Å². The molecular formula is C20H28FIN4O. The molecule has 0 saturated carbocycles. The van der Waals surface area contributed by atoms with Crippen molar-refractivity contribution in [2.45, 2.75) is 13.1 Å². The summed E-state index contributed by atoms with van der Waals surface area (Å²) in [5.41, 5.74) is 2.05. The monoisotopic (exact) mass is 486 g/mol. The van der Waals surface area contributed by atoms with Crippen LogP contribution in [0.2, 0.25) is 0 Å². The first-order chi connectivity index (χ1) is 12.6. The molecule has 27 heavy (non-hydrogen) atoms. The number of benzene rings is 2. The number of hydrogen-bond acceptors (Lipinski definition) is 3. The van der Waals surface area contributed by atoms with Gasteiger partial charge in [0.25, 0.3) is 0 Å². The smallest absolute Gasteiger partial charge is 0.191 e. The molecule has 2 aromatic rings. The predicted molar refractivity (Wildman–Crippen MR) is 119 cm³/mol. The number of ether oxygens (including phenoxy) is 1. The van der Waals surface area contributed by atoms with E-state index in [9.17, 15) is 4.39 Å². The number of guanidine groups is 1. The van der Waals surface area contributed by atoms with Crippen molar-refractivity contribution in [1.29, 1.82) is 0 Å². The van der Waals surface area contributed by atoms with Gasteiger partial charge in [-0.25, -0.2) is 4.39 Å². The van der Waals surface area contributed by atoms with E-state index in [4.69, 9.17) is 4.74 Å². The molecule has 0 bridgehead atoms. The van der Waals surface area contributed by atoms with Crippen LogP contribution >= 0.6 is 24.0 Å². The van der Waals surface area contributed by atoms with Crippen LogP contribution in [0.3, 0.4) is 0 Å². The minimum atomic E-state index is -0.234. The lowest BCUT2D eigenvalue weighted by atomic mass is 10.2. The maximum Gasteiger partial charge on any atom is 0.191 e. The standard InChI is InChI=1S/C20H27FN4O.HI/c1-22-20(23-14-16-8-10-18(21)11-9-16)24-15-17-6-4-5-7-19(17)26-13-12-25(2)3;/h4-11H,12-15H2,1-3H3,(H2,22,23,24);1H. The lowest BCUT2D eigenvalue weighted by Crippen LogP contribution is -2.36. The summed E-state index contributed by atoms with van der Waals surface area (Å²) in [6.45, 7) is 2.67. The maximum absolute atomic E-state index is 13.0. The highest BCUT2D eigenvalue weighted by atomic mass is 127. The highest BCUT2D eigenvalue weighted by Crippen LogP contribution is 2.17. The van der Waals surface area contributed by atoms with E-state index in [0.717, 1.165) is 23.4 Å². The van der Waals surface area contributed by atoms with Gasteiger partial charge in [0.15, 0.2) is 5.96 Å². The van der Waals surface area contributed by atoms with Crippen LogP contribution in [0.4, 0.5) is 4.39 Å². The molecule has 0 atom stereocenters. The SMILES string of the molecule is CN=C(NCc1ccc(F)cc1)NCc1ccccc1OCCN(C)C.I. The van der Waals surface area contributed by atoms with Crippen molar-refractivity contribution in [2.75, 3.05) is 34.3 Å². The summed E-state index contributed by atoms with van der Waals surface area (Å²) in [5.74, 6) is 1.32. The molecule has 0 fully saturated rings. The summed E-state index contributed by atoms with van der Waals surface area (Å²) in [4.78, 5) is 6.31. The van der Waals surface area contributed by atoms with Crippen molar-refractivity contribution in [1.82, 2.24) is 15.5 Å². The van der Waals surface area contributed by atoms with Gasteiger partial charge in [-0.15, -0.1) is 24.0 Å². The van der Waals surface area contributed by atoms with Gasteiger partial charge in [-0.3, -0.25) is 4.99 Å². The second-order valence-corrected chi connectivity index (χ2v) is 6.17. The van der Waals surface area contributed by atoms with Crippen molar-refractivity contribution < 1.29 is 9.13 Å². The fourth-order valence-electron chi connectivity index (χ4n) is 2.32. The van der Waals surface area contributed by atoms with Gasteiger partial charge in [-0.05, 0) is 37.9 Å². The minimum Gasteiger partial charge on any atom is -0.492 e. The van der Waals surface area contributed by atoms with Gasteiger partial charge in [0.1, 0.15) is 18.2 Å². The average molecular weight is 486 g/mol. The zero-order valence-corrected chi connectivity index (χ0v) is 18.4. The summed E-state index contributed by atoms with van der Waals surface area (Å²) in [6, 6.07) is 14.4. The van der Waals surface area contributed by atoms with E-state index in [0.29, 0.717) is 25.7 Å². The fraction of sp³-hybridized carbons (Fsp3) is 0.350. The number of para-hydroxylation sites is 1.